The molecule has 5 nitrogen and oxygen atoms in total. The number of nitrogens with zero attached hydrogens (tertiary/aromatic N) is 2. The van der Waals surface area contributed by atoms with Gasteiger partial charge in [-0.05, 0) is 34.1 Å². The van der Waals surface area contributed by atoms with Crippen LogP contribution in [0.4, 0.5) is 5.82 Å². The Balaban J connectivity index is 2.64. The number of primary amides is 1. The van der Waals surface area contributed by atoms with Crippen molar-refractivity contribution in [3.8, 4) is 5.69 Å². The number of hydrogen-bond acceptors (Lipinski definition) is 3. The third-order valence-corrected chi connectivity index (χ3v) is 3.01. The van der Waals surface area contributed by atoms with Crippen LogP contribution in [-0.4, -0.2) is 15.7 Å². The number of anilines is 1. The van der Waals surface area contributed by atoms with Crippen LogP contribution in [0.25, 0.3) is 5.69 Å². The number of aromatic nitrogens is 2. The van der Waals surface area contributed by atoms with E-state index in [1.54, 1.807) is 24.4 Å². The van der Waals surface area contributed by atoms with E-state index in [1.807, 2.05) is 0 Å². The molecule has 88 valence electrons. The lowest BCUT2D eigenvalue weighted by atomic mass is 10.1. The minimum absolute atomic E-state index is 0.320. The van der Waals surface area contributed by atoms with Crippen LogP contribution >= 0.6 is 27.5 Å². The van der Waals surface area contributed by atoms with Gasteiger partial charge in [-0.2, -0.15) is 0 Å². The third kappa shape index (κ3) is 2.27. The maximum absolute atomic E-state index is 11.3. The maximum Gasteiger partial charge on any atom is 0.250 e. The molecule has 2 aromatic rings. The highest BCUT2D eigenvalue weighted by molar-refractivity contribution is 9.10. The molecule has 17 heavy (non-hydrogen) atoms. The number of amides is 1. The number of benzene rings is 1. The SMILES string of the molecule is NC(=O)c1ccc(Cl)cc1-n1cc(Br)c(N)n1. The van der Waals surface area contributed by atoms with Crippen molar-refractivity contribution in [3.63, 3.8) is 0 Å². The van der Waals surface area contributed by atoms with Crippen molar-refractivity contribution in [1.82, 2.24) is 9.78 Å². The standard InChI is InChI=1S/C10H8BrClN4O/c11-7-4-16(15-9(7)13)8-3-5(12)1-2-6(8)10(14)17/h1-4H,(H2,13,15)(H2,14,17). The second-order valence-corrected chi connectivity index (χ2v) is 4.62. The molecular formula is C10H8BrClN4O. The van der Waals surface area contributed by atoms with Gasteiger partial charge in [0.25, 0.3) is 5.91 Å². The number of rotatable bonds is 2. The number of halogens is 2. The predicted molar refractivity (Wildman–Crippen MR) is 69.2 cm³/mol. The molecule has 0 aliphatic heterocycles. The van der Waals surface area contributed by atoms with Crippen molar-refractivity contribution in [3.05, 3.63) is 39.5 Å². The van der Waals surface area contributed by atoms with Crippen LogP contribution in [0.2, 0.25) is 5.02 Å². The molecule has 1 aromatic carbocycles. The highest BCUT2D eigenvalue weighted by Crippen LogP contribution is 2.23. The fourth-order valence-corrected chi connectivity index (χ4v) is 1.83. The summed E-state index contributed by atoms with van der Waals surface area (Å²) >= 11 is 9.12. The Morgan fingerprint density at radius 1 is 1.47 bits per heavy atom. The molecular weight excluding hydrogens is 307 g/mol. The van der Waals surface area contributed by atoms with Gasteiger partial charge in [0.1, 0.15) is 0 Å². The lowest BCUT2D eigenvalue weighted by Crippen LogP contribution is -2.15. The van der Waals surface area contributed by atoms with Gasteiger partial charge in [0, 0.05) is 11.2 Å². The zero-order valence-corrected chi connectivity index (χ0v) is 10.9. The van der Waals surface area contributed by atoms with E-state index in [1.165, 1.54) is 4.68 Å². The van der Waals surface area contributed by atoms with E-state index >= 15 is 0 Å². The Hall–Kier alpha value is -1.53. The van der Waals surface area contributed by atoms with Crippen molar-refractivity contribution in [2.75, 3.05) is 5.73 Å². The molecule has 0 atom stereocenters. The Bertz CT molecular complexity index is 576. The quantitative estimate of drug-likeness (QED) is 0.888. The minimum Gasteiger partial charge on any atom is -0.381 e. The van der Waals surface area contributed by atoms with Crippen LogP contribution < -0.4 is 11.5 Å². The van der Waals surface area contributed by atoms with Gasteiger partial charge in [-0.1, -0.05) is 11.6 Å². The highest BCUT2D eigenvalue weighted by atomic mass is 79.9. The lowest BCUT2D eigenvalue weighted by Gasteiger charge is -2.06. The number of hydrogen-bond donors (Lipinski definition) is 2. The first-order chi connectivity index (χ1) is 7.99. The van der Waals surface area contributed by atoms with E-state index in [0.29, 0.717) is 26.6 Å². The van der Waals surface area contributed by atoms with Crippen molar-refractivity contribution < 1.29 is 4.79 Å². The van der Waals surface area contributed by atoms with E-state index < -0.39 is 5.91 Å². The molecule has 0 radical (unpaired) electrons. The molecule has 0 saturated carbocycles. The van der Waals surface area contributed by atoms with Gasteiger partial charge in [0.05, 0.1) is 15.7 Å². The van der Waals surface area contributed by atoms with E-state index in [2.05, 4.69) is 21.0 Å². The number of carbonyl (C=O) groups excluding carboxylic acids is 1. The summed E-state index contributed by atoms with van der Waals surface area (Å²) in [6.45, 7) is 0. The number of nitrogens with two attached hydrogens (primary N) is 2. The zero-order chi connectivity index (χ0) is 12.6. The molecule has 1 aromatic heterocycles. The number of carbonyl (C=O) groups is 1. The van der Waals surface area contributed by atoms with Gasteiger partial charge in [0.2, 0.25) is 0 Å². The second kappa shape index (κ2) is 4.38. The average Bonchev–Trinajstić information content (AvgIpc) is 2.58. The highest BCUT2D eigenvalue weighted by Gasteiger charge is 2.13. The Morgan fingerprint density at radius 2 is 2.18 bits per heavy atom. The molecule has 0 fully saturated rings. The average molecular weight is 316 g/mol. The third-order valence-electron chi connectivity index (χ3n) is 2.17. The Morgan fingerprint density at radius 3 is 2.71 bits per heavy atom. The van der Waals surface area contributed by atoms with Crippen LogP contribution in [0.3, 0.4) is 0 Å². The molecule has 1 amide bonds. The van der Waals surface area contributed by atoms with Crippen molar-refractivity contribution in [2.45, 2.75) is 0 Å². The van der Waals surface area contributed by atoms with Gasteiger partial charge in [-0.25, -0.2) is 4.68 Å². The normalized spacial score (nSPS) is 10.5. The van der Waals surface area contributed by atoms with E-state index in [-0.39, 0.29) is 0 Å². The minimum atomic E-state index is -0.554. The van der Waals surface area contributed by atoms with Crippen molar-refractivity contribution in [1.29, 1.82) is 0 Å². The molecule has 4 N–H and O–H groups in total. The fourth-order valence-electron chi connectivity index (χ4n) is 1.39. The van der Waals surface area contributed by atoms with E-state index in [9.17, 15) is 4.79 Å². The van der Waals surface area contributed by atoms with Gasteiger partial charge in [-0.15, -0.1) is 5.10 Å². The first-order valence-corrected chi connectivity index (χ1v) is 5.76. The van der Waals surface area contributed by atoms with Crippen LogP contribution in [0, 0.1) is 0 Å². The molecule has 2 rings (SSSR count). The summed E-state index contributed by atoms with van der Waals surface area (Å²) in [4.78, 5) is 11.3. The molecule has 0 bridgehead atoms. The van der Waals surface area contributed by atoms with Crippen LogP contribution in [-0.2, 0) is 0 Å². The van der Waals surface area contributed by atoms with Crippen LogP contribution in [0.15, 0.2) is 28.9 Å². The van der Waals surface area contributed by atoms with Gasteiger partial charge in [-0.3, -0.25) is 4.79 Å². The van der Waals surface area contributed by atoms with Crippen molar-refractivity contribution in [2.24, 2.45) is 5.73 Å². The summed E-state index contributed by atoms with van der Waals surface area (Å²) in [6, 6.07) is 4.74. The zero-order valence-electron chi connectivity index (χ0n) is 8.52. The molecule has 0 spiro atoms. The second-order valence-electron chi connectivity index (χ2n) is 3.33. The Kier molecular flexibility index (Phi) is 3.08. The van der Waals surface area contributed by atoms with Gasteiger partial charge in [0.15, 0.2) is 5.82 Å². The summed E-state index contributed by atoms with van der Waals surface area (Å²) < 4.78 is 2.08. The van der Waals surface area contributed by atoms with E-state index in [4.69, 9.17) is 23.1 Å². The summed E-state index contributed by atoms with van der Waals surface area (Å²) in [5.41, 5.74) is 11.7. The van der Waals surface area contributed by atoms with Crippen LogP contribution in [0.1, 0.15) is 10.4 Å². The molecule has 7 heteroatoms. The summed E-state index contributed by atoms with van der Waals surface area (Å²) in [5.74, 6) is -0.234. The maximum atomic E-state index is 11.3. The van der Waals surface area contributed by atoms with Gasteiger partial charge < -0.3 is 11.5 Å². The summed E-state index contributed by atoms with van der Waals surface area (Å²) in [7, 11) is 0. The summed E-state index contributed by atoms with van der Waals surface area (Å²) in [6.07, 6.45) is 1.63. The molecule has 0 aliphatic carbocycles. The molecule has 0 saturated heterocycles. The lowest BCUT2D eigenvalue weighted by molar-refractivity contribution is 0.1000. The fraction of sp³-hybridized carbons (Fsp3) is 0. The monoisotopic (exact) mass is 314 g/mol. The molecule has 1 heterocycles. The first kappa shape index (κ1) is 11.9. The molecule has 0 unspecified atom stereocenters. The number of nitrogen functional groups attached to an aromatic ring is 1. The van der Waals surface area contributed by atoms with E-state index in [0.717, 1.165) is 0 Å². The summed E-state index contributed by atoms with van der Waals surface area (Å²) in [5, 5.41) is 4.53. The largest absolute Gasteiger partial charge is 0.381 e. The topological polar surface area (TPSA) is 86.9 Å². The van der Waals surface area contributed by atoms with Crippen molar-refractivity contribution >= 4 is 39.3 Å². The van der Waals surface area contributed by atoms with Crippen LogP contribution in [0.5, 0.6) is 0 Å². The Labute approximate surface area is 110 Å². The first-order valence-electron chi connectivity index (χ1n) is 4.59. The van der Waals surface area contributed by atoms with Gasteiger partial charge >= 0.3 is 0 Å². The predicted octanol–water partition coefficient (Wildman–Crippen LogP) is 1.97. The smallest absolute Gasteiger partial charge is 0.250 e. The molecule has 0 aliphatic rings.